The molecule has 1 saturated heterocycles. The third-order valence-electron chi connectivity index (χ3n) is 4.11. The molecule has 19 heavy (non-hydrogen) atoms. The van der Waals surface area contributed by atoms with Gasteiger partial charge in [-0.25, -0.2) is 0 Å². The van der Waals surface area contributed by atoms with Gasteiger partial charge in [0.05, 0.1) is 7.11 Å². The molecule has 1 unspecified atom stereocenters. The van der Waals surface area contributed by atoms with E-state index in [0.29, 0.717) is 12.0 Å². The van der Waals surface area contributed by atoms with E-state index in [1.54, 1.807) is 7.11 Å². The van der Waals surface area contributed by atoms with Gasteiger partial charge in [0.2, 0.25) is 0 Å². The van der Waals surface area contributed by atoms with E-state index in [1.807, 2.05) is 0 Å². The van der Waals surface area contributed by atoms with Crippen molar-refractivity contribution in [1.29, 1.82) is 0 Å². The van der Waals surface area contributed by atoms with Gasteiger partial charge in [-0.15, -0.1) is 0 Å². The van der Waals surface area contributed by atoms with Crippen LogP contribution in [-0.4, -0.2) is 38.7 Å². The highest BCUT2D eigenvalue weighted by Gasteiger charge is 2.23. The highest BCUT2D eigenvalue weighted by molar-refractivity contribution is 5.45. The average molecular weight is 262 g/mol. The van der Waals surface area contributed by atoms with Crippen LogP contribution in [0.2, 0.25) is 0 Å². The lowest BCUT2D eigenvalue weighted by molar-refractivity contribution is 0.201. The molecule has 3 heteroatoms. The van der Waals surface area contributed by atoms with Crippen molar-refractivity contribution in [3.05, 3.63) is 28.8 Å². The summed E-state index contributed by atoms with van der Waals surface area (Å²) in [6.45, 7) is 9.84. The highest BCUT2D eigenvalue weighted by atomic mass is 16.5. The second kappa shape index (κ2) is 5.93. The molecular formula is C16H26N2O. The summed E-state index contributed by atoms with van der Waals surface area (Å²) in [6.07, 6.45) is 0. The number of hydrogen-bond acceptors (Lipinski definition) is 3. The fourth-order valence-electron chi connectivity index (χ4n) is 2.86. The monoisotopic (exact) mass is 262 g/mol. The van der Waals surface area contributed by atoms with Crippen LogP contribution < -0.4 is 10.1 Å². The molecule has 1 heterocycles. The van der Waals surface area contributed by atoms with Crippen LogP contribution in [0.1, 0.15) is 42.5 Å². The second-order valence-electron chi connectivity index (χ2n) is 5.81. The number of rotatable bonds is 3. The molecule has 0 saturated carbocycles. The zero-order valence-electron chi connectivity index (χ0n) is 12.8. The predicted molar refractivity (Wildman–Crippen MR) is 80.1 cm³/mol. The number of aryl methyl sites for hydroxylation is 1. The Morgan fingerprint density at radius 3 is 2.68 bits per heavy atom. The number of hydrogen-bond donors (Lipinski definition) is 1. The molecule has 0 aliphatic carbocycles. The lowest BCUT2D eigenvalue weighted by Gasteiger charge is -2.35. The smallest absolute Gasteiger partial charge is 0.122 e. The van der Waals surface area contributed by atoms with Gasteiger partial charge in [-0.05, 0) is 48.7 Å². The van der Waals surface area contributed by atoms with Crippen LogP contribution in [0.4, 0.5) is 0 Å². The van der Waals surface area contributed by atoms with Crippen molar-refractivity contribution in [3.63, 3.8) is 0 Å². The van der Waals surface area contributed by atoms with Crippen molar-refractivity contribution in [3.8, 4) is 5.75 Å². The van der Waals surface area contributed by atoms with Gasteiger partial charge in [0.1, 0.15) is 5.75 Å². The summed E-state index contributed by atoms with van der Waals surface area (Å²) in [7, 11) is 3.97. The predicted octanol–water partition coefficient (Wildman–Crippen LogP) is 2.70. The summed E-state index contributed by atoms with van der Waals surface area (Å²) >= 11 is 0. The number of nitrogens with one attached hydrogen (secondary N) is 1. The standard InChI is InChI=1S/C16H26N2O/c1-11(2)13-9-14(12(3)8-16(13)19-5)15-10-17-6-7-18(15)4/h8-9,11,15,17H,6-7,10H2,1-5H3. The topological polar surface area (TPSA) is 24.5 Å². The maximum atomic E-state index is 5.53. The molecule has 106 valence electrons. The van der Waals surface area contributed by atoms with Crippen LogP contribution in [-0.2, 0) is 0 Å². The van der Waals surface area contributed by atoms with Gasteiger partial charge in [-0.1, -0.05) is 13.8 Å². The number of likely N-dealkylation sites (N-methyl/N-ethyl adjacent to an activating group) is 1. The molecule has 3 nitrogen and oxygen atoms in total. The third kappa shape index (κ3) is 2.93. The van der Waals surface area contributed by atoms with Gasteiger partial charge in [0.25, 0.3) is 0 Å². The molecule has 2 rings (SSSR count). The number of nitrogens with zero attached hydrogens (tertiary/aromatic N) is 1. The van der Waals surface area contributed by atoms with E-state index in [9.17, 15) is 0 Å². The molecule has 0 aromatic heterocycles. The van der Waals surface area contributed by atoms with Gasteiger partial charge in [-0.3, -0.25) is 4.90 Å². The minimum atomic E-state index is 0.470. The van der Waals surface area contributed by atoms with Crippen LogP contribution in [0.5, 0.6) is 5.75 Å². The summed E-state index contributed by atoms with van der Waals surface area (Å²) in [5, 5.41) is 3.50. The zero-order valence-corrected chi connectivity index (χ0v) is 12.8. The van der Waals surface area contributed by atoms with Crippen LogP contribution in [0.3, 0.4) is 0 Å². The highest BCUT2D eigenvalue weighted by Crippen LogP contribution is 2.33. The van der Waals surface area contributed by atoms with Gasteiger partial charge >= 0.3 is 0 Å². The molecule has 1 fully saturated rings. The van der Waals surface area contributed by atoms with Crippen molar-refractivity contribution in [2.45, 2.75) is 32.7 Å². The minimum Gasteiger partial charge on any atom is -0.496 e. The molecule has 0 bridgehead atoms. The number of methoxy groups -OCH3 is 1. The third-order valence-corrected chi connectivity index (χ3v) is 4.11. The zero-order chi connectivity index (χ0) is 14.0. The van der Waals surface area contributed by atoms with E-state index >= 15 is 0 Å². The lowest BCUT2D eigenvalue weighted by atomic mass is 9.92. The first-order valence-electron chi connectivity index (χ1n) is 7.14. The van der Waals surface area contributed by atoms with Gasteiger partial charge in [-0.2, -0.15) is 0 Å². The van der Waals surface area contributed by atoms with E-state index < -0.39 is 0 Å². The lowest BCUT2D eigenvalue weighted by Crippen LogP contribution is -2.44. The quantitative estimate of drug-likeness (QED) is 0.906. The molecule has 0 amide bonds. The molecular weight excluding hydrogens is 236 g/mol. The molecule has 1 aromatic rings. The van der Waals surface area contributed by atoms with Crippen LogP contribution >= 0.6 is 0 Å². The van der Waals surface area contributed by atoms with E-state index in [0.717, 1.165) is 25.4 Å². The summed E-state index contributed by atoms with van der Waals surface area (Å²) in [5.74, 6) is 1.50. The Labute approximate surface area is 116 Å². The van der Waals surface area contributed by atoms with Crippen molar-refractivity contribution >= 4 is 0 Å². The Hall–Kier alpha value is -1.06. The maximum Gasteiger partial charge on any atom is 0.122 e. The fraction of sp³-hybridized carbons (Fsp3) is 0.625. The van der Waals surface area contributed by atoms with Crippen molar-refractivity contribution in [2.24, 2.45) is 0 Å². The first kappa shape index (κ1) is 14.4. The molecule has 1 aromatic carbocycles. The molecule has 0 spiro atoms. The normalized spacial score (nSPS) is 20.8. The van der Waals surface area contributed by atoms with E-state index in [1.165, 1.54) is 16.7 Å². The minimum absolute atomic E-state index is 0.470. The number of benzene rings is 1. The molecule has 1 aliphatic rings. The molecule has 1 N–H and O–H groups in total. The maximum absolute atomic E-state index is 5.53. The largest absolute Gasteiger partial charge is 0.496 e. The van der Waals surface area contributed by atoms with Crippen molar-refractivity contribution in [1.82, 2.24) is 10.2 Å². The van der Waals surface area contributed by atoms with Gasteiger partial charge in [0, 0.05) is 25.7 Å². The molecule has 1 atom stereocenters. The first-order valence-corrected chi connectivity index (χ1v) is 7.14. The summed E-state index contributed by atoms with van der Waals surface area (Å²) in [5.41, 5.74) is 4.06. The van der Waals surface area contributed by atoms with Crippen LogP contribution in [0.25, 0.3) is 0 Å². The molecule has 1 aliphatic heterocycles. The Morgan fingerprint density at radius 2 is 2.11 bits per heavy atom. The van der Waals surface area contributed by atoms with Crippen LogP contribution in [0.15, 0.2) is 12.1 Å². The second-order valence-corrected chi connectivity index (χ2v) is 5.81. The Bertz CT molecular complexity index is 443. The van der Waals surface area contributed by atoms with Crippen LogP contribution in [0, 0.1) is 6.92 Å². The number of piperazine rings is 1. The van der Waals surface area contributed by atoms with E-state index in [4.69, 9.17) is 4.74 Å². The van der Waals surface area contributed by atoms with E-state index in [2.05, 4.69) is 50.2 Å². The summed E-state index contributed by atoms with van der Waals surface area (Å²) in [4.78, 5) is 2.44. The fourth-order valence-corrected chi connectivity index (χ4v) is 2.86. The SMILES string of the molecule is COc1cc(C)c(C2CNCCN2C)cc1C(C)C. The number of ether oxygens (including phenoxy) is 1. The average Bonchev–Trinajstić information content (AvgIpc) is 2.39. The Kier molecular flexibility index (Phi) is 4.48. The molecule has 0 radical (unpaired) electrons. The summed E-state index contributed by atoms with van der Waals surface area (Å²) in [6, 6.07) is 5.00. The van der Waals surface area contributed by atoms with Crippen molar-refractivity contribution < 1.29 is 4.74 Å². The Morgan fingerprint density at radius 1 is 1.37 bits per heavy atom. The summed E-state index contributed by atoms with van der Waals surface area (Å²) < 4.78 is 5.53. The van der Waals surface area contributed by atoms with Gasteiger partial charge < -0.3 is 10.1 Å². The first-order chi connectivity index (χ1) is 9.04. The van der Waals surface area contributed by atoms with E-state index in [-0.39, 0.29) is 0 Å². The van der Waals surface area contributed by atoms with Gasteiger partial charge in [0.15, 0.2) is 0 Å². The Balaban J connectivity index is 2.42. The van der Waals surface area contributed by atoms with Crippen molar-refractivity contribution in [2.75, 3.05) is 33.8 Å².